The van der Waals surface area contributed by atoms with Crippen LogP contribution in [0.1, 0.15) is 27.4 Å². The predicted molar refractivity (Wildman–Crippen MR) is 65.8 cm³/mol. The lowest BCUT2D eigenvalue weighted by atomic mass is 10.1. The summed E-state index contributed by atoms with van der Waals surface area (Å²) in [6, 6.07) is 11.4. The van der Waals surface area contributed by atoms with Crippen molar-refractivity contribution in [2.45, 2.75) is 20.4 Å². The van der Waals surface area contributed by atoms with Crippen LogP contribution in [0.4, 0.5) is 0 Å². The third-order valence-electron chi connectivity index (χ3n) is 2.66. The Labute approximate surface area is 100 Å². The molecule has 1 N–H and O–H groups in total. The van der Waals surface area contributed by atoms with Crippen LogP contribution in [0.2, 0.25) is 0 Å². The molecule has 0 unspecified atom stereocenters. The maximum atomic E-state index is 11.7. The number of furan rings is 1. The number of carbonyl (C=O) groups excluding carboxylic acids is 1. The quantitative estimate of drug-likeness (QED) is 0.879. The number of rotatable bonds is 3. The van der Waals surface area contributed by atoms with Crippen LogP contribution in [-0.4, -0.2) is 5.91 Å². The molecule has 3 nitrogen and oxygen atoms in total. The lowest BCUT2D eigenvalue weighted by molar-refractivity contribution is 0.0922. The highest BCUT2D eigenvalue weighted by Crippen LogP contribution is 2.08. The van der Waals surface area contributed by atoms with E-state index < -0.39 is 0 Å². The van der Waals surface area contributed by atoms with Crippen molar-refractivity contribution < 1.29 is 9.21 Å². The number of hydrogen-bond donors (Lipinski definition) is 1. The summed E-state index contributed by atoms with van der Waals surface area (Å²) >= 11 is 0. The molecule has 0 aliphatic carbocycles. The molecule has 2 rings (SSSR count). The molecular formula is C14H15NO2. The summed E-state index contributed by atoms with van der Waals surface area (Å²) in [6.07, 6.45) is 0. The lowest BCUT2D eigenvalue weighted by Crippen LogP contribution is -2.22. The van der Waals surface area contributed by atoms with Crippen LogP contribution >= 0.6 is 0 Å². The summed E-state index contributed by atoms with van der Waals surface area (Å²) in [5.74, 6) is 0.920. The zero-order valence-corrected chi connectivity index (χ0v) is 9.99. The van der Waals surface area contributed by atoms with Crippen molar-refractivity contribution in [2.75, 3.05) is 0 Å². The van der Waals surface area contributed by atoms with E-state index in [0.29, 0.717) is 12.3 Å². The molecule has 1 aromatic carbocycles. The van der Waals surface area contributed by atoms with Gasteiger partial charge in [0.15, 0.2) is 5.76 Å². The lowest BCUT2D eigenvalue weighted by Gasteiger charge is -2.06. The molecule has 0 saturated heterocycles. The van der Waals surface area contributed by atoms with Crippen molar-refractivity contribution in [3.8, 4) is 0 Å². The Hall–Kier alpha value is -2.03. The molecule has 0 spiro atoms. The predicted octanol–water partition coefficient (Wildman–Crippen LogP) is 2.83. The highest BCUT2D eigenvalue weighted by molar-refractivity contribution is 5.91. The normalized spacial score (nSPS) is 10.2. The maximum Gasteiger partial charge on any atom is 0.287 e. The molecule has 0 aliphatic heterocycles. The molecule has 88 valence electrons. The fraction of sp³-hybridized carbons (Fsp3) is 0.214. The van der Waals surface area contributed by atoms with Crippen LogP contribution in [0.3, 0.4) is 0 Å². The first-order valence-corrected chi connectivity index (χ1v) is 5.56. The van der Waals surface area contributed by atoms with Crippen LogP contribution < -0.4 is 5.32 Å². The first-order chi connectivity index (χ1) is 8.16. The Bertz CT molecular complexity index is 529. The molecule has 1 aromatic heterocycles. The van der Waals surface area contributed by atoms with Gasteiger partial charge in [-0.1, -0.05) is 24.3 Å². The number of hydrogen-bond acceptors (Lipinski definition) is 2. The van der Waals surface area contributed by atoms with E-state index in [1.165, 1.54) is 5.56 Å². The first kappa shape index (κ1) is 11.5. The molecule has 1 heterocycles. The molecule has 0 bridgehead atoms. The second kappa shape index (κ2) is 4.87. The van der Waals surface area contributed by atoms with Gasteiger partial charge in [-0.2, -0.15) is 0 Å². The third kappa shape index (κ3) is 2.75. The monoisotopic (exact) mass is 229 g/mol. The Morgan fingerprint density at radius 2 is 1.94 bits per heavy atom. The van der Waals surface area contributed by atoms with Crippen LogP contribution in [0.25, 0.3) is 0 Å². The summed E-state index contributed by atoms with van der Waals surface area (Å²) in [5.41, 5.74) is 2.28. The van der Waals surface area contributed by atoms with Crippen LogP contribution in [0.15, 0.2) is 40.8 Å². The van der Waals surface area contributed by atoms with Crippen LogP contribution in [-0.2, 0) is 6.54 Å². The summed E-state index contributed by atoms with van der Waals surface area (Å²) in [5, 5.41) is 2.84. The highest BCUT2D eigenvalue weighted by Gasteiger charge is 2.09. The van der Waals surface area contributed by atoms with Gasteiger partial charge in [-0.15, -0.1) is 0 Å². The molecular weight excluding hydrogens is 214 g/mol. The van der Waals surface area contributed by atoms with Gasteiger partial charge in [0.25, 0.3) is 5.91 Å². The van der Waals surface area contributed by atoms with Crippen molar-refractivity contribution in [1.29, 1.82) is 0 Å². The van der Waals surface area contributed by atoms with Crippen molar-refractivity contribution in [3.63, 3.8) is 0 Å². The number of benzene rings is 1. The molecule has 17 heavy (non-hydrogen) atoms. The van der Waals surface area contributed by atoms with Gasteiger partial charge in [0.05, 0.1) is 0 Å². The Morgan fingerprint density at radius 1 is 1.18 bits per heavy atom. The topological polar surface area (TPSA) is 42.2 Å². The standard InChI is InChI=1S/C14H15NO2/c1-10-5-3-4-6-12(10)9-15-14(16)13-8-7-11(2)17-13/h3-8H,9H2,1-2H3,(H,15,16). The van der Waals surface area contributed by atoms with Gasteiger partial charge in [0.2, 0.25) is 0 Å². The zero-order valence-electron chi connectivity index (χ0n) is 9.99. The number of nitrogens with one attached hydrogen (secondary N) is 1. The molecule has 0 aliphatic rings. The van der Waals surface area contributed by atoms with E-state index in [-0.39, 0.29) is 5.91 Å². The molecule has 1 amide bonds. The Morgan fingerprint density at radius 3 is 2.59 bits per heavy atom. The minimum Gasteiger partial charge on any atom is -0.456 e. The molecule has 0 saturated carbocycles. The SMILES string of the molecule is Cc1ccc(C(=O)NCc2ccccc2C)o1. The van der Waals surface area contributed by atoms with Crippen LogP contribution in [0.5, 0.6) is 0 Å². The van der Waals surface area contributed by atoms with E-state index in [4.69, 9.17) is 4.42 Å². The molecule has 2 aromatic rings. The second-order valence-corrected chi connectivity index (χ2v) is 4.02. The Kier molecular flexibility index (Phi) is 3.28. The van der Waals surface area contributed by atoms with Crippen LogP contribution in [0, 0.1) is 13.8 Å². The van der Waals surface area contributed by atoms with Gasteiger partial charge in [0.1, 0.15) is 5.76 Å². The maximum absolute atomic E-state index is 11.7. The fourth-order valence-electron chi connectivity index (χ4n) is 1.63. The minimum atomic E-state index is -0.179. The third-order valence-corrected chi connectivity index (χ3v) is 2.66. The Balaban J connectivity index is 1.99. The average Bonchev–Trinajstić information content (AvgIpc) is 2.74. The van der Waals surface area contributed by atoms with Crippen molar-refractivity contribution in [3.05, 3.63) is 59.0 Å². The van der Waals surface area contributed by atoms with Crippen molar-refractivity contribution in [2.24, 2.45) is 0 Å². The summed E-state index contributed by atoms with van der Waals surface area (Å²) in [4.78, 5) is 11.7. The summed E-state index contributed by atoms with van der Waals surface area (Å²) in [7, 11) is 0. The summed E-state index contributed by atoms with van der Waals surface area (Å²) < 4.78 is 5.25. The van der Waals surface area contributed by atoms with Gasteiger partial charge >= 0.3 is 0 Å². The van der Waals surface area contributed by atoms with Crippen molar-refractivity contribution >= 4 is 5.91 Å². The van der Waals surface area contributed by atoms with E-state index in [9.17, 15) is 4.79 Å². The van der Waals surface area contributed by atoms with Crippen molar-refractivity contribution in [1.82, 2.24) is 5.32 Å². The zero-order chi connectivity index (χ0) is 12.3. The molecule has 0 atom stereocenters. The van der Waals surface area contributed by atoms with Gasteiger partial charge in [-0.05, 0) is 37.1 Å². The largest absolute Gasteiger partial charge is 0.456 e. The molecule has 0 radical (unpaired) electrons. The van der Waals surface area contributed by atoms with Gasteiger partial charge in [-0.25, -0.2) is 0 Å². The van der Waals surface area contributed by atoms with Gasteiger partial charge in [-0.3, -0.25) is 4.79 Å². The number of amides is 1. The fourth-order valence-corrected chi connectivity index (χ4v) is 1.63. The second-order valence-electron chi connectivity index (χ2n) is 4.02. The number of aryl methyl sites for hydroxylation is 2. The first-order valence-electron chi connectivity index (χ1n) is 5.56. The van der Waals surface area contributed by atoms with Gasteiger partial charge < -0.3 is 9.73 Å². The van der Waals surface area contributed by atoms with E-state index in [1.807, 2.05) is 38.1 Å². The smallest absolute Gasteiger partial charge is 0.287 e. The molecule has 3 heteroatoms. The van der Waals surface area contributed by atoms with E-state index >= 15 is 0 Å². The van der Waals surface area contributed by atoms with Gasteiger partial charge in [0, 0.05) is 6.54 Å². The minimum absolute atomic E-state index is 0.179. The molecule has 0 fully saturated rings. The number of carbonyl (C=O) groups is 1. The summed E-state index contributed by atoms with van der Waals surface area (Å²) in [6.45, 7) is 4.36. The van der Waals surface area contributed by atoms with E-state index in [1.54, 1.807) is 12.1 Å². The highest BCUT2D eigenvalue weighted by atomic mass is 16.3. The average molecular weight is 229 g/mol. The van der Waals surface area contributed by atoms with E-state index in [2.05, 4.69) is 5.32 Å². The van der Waals surface area contributed by atoms with E-state index in [0.717, 1.165) is 11.3 Å².